The first-order chi connectivity index (χ1) is 13.1. The van der Waals surface area contributed by atoms with Gasteiger partial charge in [0.05, 0.1) is 34.2 Å². The minimum atomic E-state index is -0.142. The number of aromatic nitrogens is 3. The Labute approximate surface area is 155 Å². The summed E-state index contributed by atoms with van der Waals surface area (Å²) in [6.45, 7) is 0.355. The van der Waals surface area contributed by atoms with Crippen LogP contribution in [0.1, 0.15) is 5.56 Å². The van der Waals surface area contributed by atoms with Crippen molar-refractivity contribution in [2.75, 3.05) is 21.3 Å². The number of nitrogens with one attached hydrogen (secondary N) is 1. The maximum absolute atomic E-state index is 13.0. The van der Waals surface area contributed by atoms with E-state index in [2.05, 4.69) is 9.97 Å². The van der Waals surface area contributed by atoms with Crippen LogP contribution in [0.4, 0.5) is 0 Å². The summed E-state index contributed by atoms with van der Waals surface area (Å²) in [7, 11) is 4.80. The van der Waals surface area contributed by atoms with Crippen LogP contribution >= 0.6 is 0 Å². The van der Waals surface area contributed by atoms with E-state index in [1.165, 1.54) is 0 Å². The average molecular weight is 365 g/mol. The Morgan fingerprint density at radius 1 is 0.963 bits per heavy atom. The third-order valence-corrected chi connectivity index (χ3v) is 4.54. The van der Waals surface area contributed by atoms with Crippen molar-refractivity contribution in [1.82, 2.24) is 14.5 Å². The van der Waals surface area contributed by atoms with Crippen molar-refractivity contribution in [2.24, 2.45) is 0 Å². The first-order valence-electron chi connectivity index (χ1n) is 8.39. The van der Waals surface area contributed by atoms with E-state index in [0.29, 0.717) is 29.1 Å². The monoisotopic (exact) mass is 365 g/mol. The molecular weight excluding hydrogens is 346 g/mol. The standard InChI is InChI=1S/C20H19N3O4/c1-25-13-4-5-17-16(9-13)18-19(22-17)20(24)23(11-21-18)10-12-6-14(26-2)8-15(7-12)27-3/h4-9,11,22H,10H2,1-3H3. The molecule has 0 saturated carbocycles. The van der Waals surface area contributed by atoms with Crippen molar-refractivity contribution < 1.29 is 14.2 Å². The summed E-state index contributed by atoms with van der Waals surface area (Å²) >= 11 is 0. The topological polar surface area (TPSA) is 78.4 Å². The number of ether oxygens (including phenoxy) is 3. The number of H-pyrrole nitrogens is 1. The normalized spacial score (nSPS) is 11.1. The highest BCUT2D eigenvalue weighted by Gasteiger charge is 2.12. The fourth-order valence-electron chi connectivity index (χ4n) is 3.16. The van der Waals surface area contributed by atoms with Crippen LogP contribution in [0.25, 0.3) is 21.9 Å². The van der Waals surface area contributed by atoms with Crippen LogP contribution in [0.2, 0.25) is 0 Å². The first-order valence-corrected chi connectivity index (χ1v) is 8.39. The van der Waals surface area contributed by atoms with E-state index in [1.54, 1.807) is 38.3 Å². The summed E-state index contributed by atoms with van der Waals surface area (Å²) in [5.74, 6) is 2.06. The summed E-state index contributed by atoms with van der Waals surface area (Å²) in [5, 5.41) is 0.858. The predicted octanol–water partition coefficient (Wildman–Crippen LogP) is 2.95. The molecule has 0 saturated heterocycles. The van der Waals surface area contributed by atoms with Crippen molar-refractivity contribution >= 4 is 21.9 Å². The maximum atomic E-state index is 13.0. The van der Waals surface area contributed by atoms with Crippen LogP contribution < -0.4 is 19.8 Å². The molecular formula is C20H19N3O4. The van der Waals surface area contributed by atoms with Gasteiger partial charge in [-0.15, -0.1) is 0 Å². The van der Waals surface area contributed by atoms with Crippen molar-refractivity contribution in [3.8, 4) is 17.2 Å². The van der Waals surface area contributed by atoms with Gasteiger partial charge in [-0.2, -0.15) is 0 Å². The highest BCUT2D eigenvalue weighted by molar-refractivity contribution is 6.04. The summed E-state index contributed by atoms with van der Waals surface area (Å²) in [5.41, 5.74) is 2.68. The lowest BCUT2D eigenvalue weighted by molar-refractivity contribution is 0.393. The van der Waals surface area contributed by atoms with Crippen molar-refractivity contribution in [1.29, 1.82) is 0 Å². The molecule has 27 heavy (non-hydrogen) atoms. The molecule has 0 spiro atoms. The molecule has 0 bridgehead atoms. The molecule has 0 atom stereocenters. The van der Waals surface area contributed by atoms with Gasteiger partial charge in [-0.25, -0.2) is 4.98 Å². The van der Waals surface area contributed by atoms with E-state index in [1.807, 2.05) is 30.3 Å². The van der Waals surface area contributed by atoms with Crippen LogP contribution in [0.3, 0.4) is 0 Å². The summed E-state index contributed by atoms with van der Waals surface area (Å²) in [4.78, 5) is 20.6. The molecule has 0 aliphatic carbocycles. The lowest BCUT2D eigenvalue weighted by Gasteiger charge is -2.10. The number of rotatable bonds is 5. The fraction of sp³-hybridized carbons (Fsp3) is 0.200. The van der Waals surface area contributed by atoms with Gasteiger partial charge in [0.1, 0.15) is 28.3 Å². The molecule has 7 nitrogen and oxygen atoms in total. The SMILES string of the molecule is COc1cc(Cn2cnc3c([nH]c4ccc(OC)cc43)c2=O)cc(OC)c1. The Morgan fingerprint density at radius 3 is 2.33 bits per heavy atom. The van der Waals surface area contributed by atoms with Gasteiger partial charge < -0.3 is 19.2 Å². The first kappa shape index (κ1) is 17.0. The van der Waals surface area contributed by atoms with Gasteiger partial charge in [-0.1, -0.05) is 0 Å². The Balaban J connectivity index is 1.80. The van der Waals surface area contributed by atoms with Crippen molar-refractivity contribution in [2.45, 2.75) is 6.54 Å². The van der Waals surface area contributed by atoms with E-state index in [4.69, 9.17) is 14.2 Å². The molecule has 4 rings (SSSR count). The number of fused-ring (bicyclic) bond motifs is 3. The van der Waals surface area contributed by atoms with E-state index in [-0.39, 0.29) is 5.56 Å². The van der Waals surface area contributed by atoms with Crippen LogP contribution in [-0.2, 0) is 6.54 Å². The Bertz CT molecular complexity index is 1170. The second-order valence-electron chi connectivity index (χ2n) is 6.16. The summed E-state index contributed by atoms with van der Waals surface area (Å²) < 4.78 is 17.4. The highest BCUT2D eigenvalue weighted by Crippen LogP contribution is 2.26. The summed E-state index contributed by atoms with van der Waals surface area (Å²) in [6, 6.07) is 11.1. The molecule has 2 heterocycles. The van der Waals surface area contributed by atoms with Crippen LogP contribution in [0, 0.1) is 0 Å². The highest BCUT2D eigenvalue weighted by atomic mass is 16.5. The maximum Gasteiger partial charge on any atom is 0.277 e. The number of methoxy groups -OCH3 is 3. The lowest BCUT2D eigenvalue weighted by atomic mass is 10.2. The fourth-order valence-corrected chi connectivity index (χ4v) is 3.16. The van der Waals surface area contributed by atoms with E-state index < -0.39 is 0 Å². The quantitative estimate of drug-likeness (QED) is 0.588. The van der Waals surface area contributed by atoms with Crippen LogP contribution in [0.15, 0.2) is 47.5 Å². The molecule has 0 aliphatic rings. The second-order valence-corrected chi connectivity index (χ2v) is 6.16. The van der Waals surface area contributed by atoms with E-state index in [0.717, 1.165) is 22.2 Å². The van der Waals surface area contributed by atoms with Gasteiger partial charge in [-0.05, 0) is 35.9 Å². The molecule has 2 aromatic heterocycles. The Hall–Kier alpha value is -3.48. The molecule has 1 N–H and O–H groups in total. The Morgan fingerprint density at radius 2 is 1.67 bits per heavy atom. The number of hydrogen-bond donors (Lipinski definition) is 1. The number of hydrogen-bond acceptors (Lipinski definition) is 5. The molecule has 0 radical (unpaired) electrons. The van der Waals surface area contributed by atoms with Gasteiger partial charge in [0.25, 0.3) is 5.56 Å². The summed E-state index contributed by atoms with van der Waals surface area (Å²) in [6.07, 6.45) is 1.56. The third-order valence-electron chi connectivity index (χ3n) is 4.54. The van der Waals surface area contributed by atoms with Gasteiger partial charge >= 0.3 is 0 Å². The molecule has 4 aromatic rings. The zero-order valence-electron chi connectivity index (χ0n) is 15.3. The van der Waals surface area contributed by atoms with E-state index >= 15 is 0 Å². The van der Waals surface area contributed by atoms with Gasteiger partial charge in [0.2, 0.25) is 0 Å². The molecule has 0 amide bonds. The number of benzene rings is 2. The average Bonchev–Trinajstić information content (AvgIpc) is 3.08. The van der Waals surface area contributed by atoms with E-state index in [9.17, 15) is 4.79 Å². The minimum absolute atomic E-state index is 0.142. The lowest BCUT2D eigenvalue weighted by Crippen LogP contribution is -2.21. The molecule has 138 valence electrons. The second kappa shape index (κ2) is 6.68. The largest absolute Gasteiger partial charge is 0.497 e. The molecule has 0 fully saturated rings. The zero-order chi connectivity index (χ0) is 19.0. The van der Waals surface area contributed by atoms with Crippen molar-refractivity contribution in [3.05, 3.63) is 58.6 Å². The van der Waals surface area contributed by atoms with Crippen LogP contribution in [-0.4, -0.2) is 35.9 Å². The predicted molar refractivity (Wildman–Crippen MR) is 103 cm³/mol. The van der Waals surface area contributed by atoms with Gasteiger partial charge in [0.15, 0.2) is 0 Å². The minimum Gasteiger partial charge on any atom is -0.497 e. The smallest absolute Gasteiger partial charge is 0.277 e. The van der Waals surface area contributed by atoms with Gasteiger partial charge in [0, 0.05) is 17.0 Å². The molecule has 0 aliphatic heterocycles. The zero-order valence-corrected chi connectivity index (χ0v) is 15.3. The third kappa shape index (κ3) is 2.97. The Kier molecular flexibility index (Phi) is 4.19. The van der Waals surface area contributed by atoms with Gasteiger partial charge in [-0.3, -0.25) is 9.36 Å². The molecule has 7 heteroatoms. The number of aromatic amines is 1. The molecule has 2 aromatic carbocycles. The van der Waals surface area contributed by atoms with Crippen LogP contribution in [0.5, 0.6) is 17.2 Å². The molecule has 0 unspecified atom stereocenters. The number of nitrogens with zero attached hydrogens (tertiary/aromatic N) is 2. The van der Waals surface area contributed by atoms with Crippen molar-refractivity contribution in [3.63, 3.8) is 0 Å².